The van der Waals surface area contributed by atoms with E-state index in [9.17, 15) is 22.8 Å². The Morgan fingerprint density at radius 3 is 2.52 bits per heavy atom. The van der Waals surface area contributed by atoms with Gasteiger partial charge in [-0.2, -0.15) is 13.2 Å². The second kappa shape index (κ2) is 6.22. The summed E-state index contributed by atoms with van der Waals surface area (Å²) in [7, 11) is 0. The van der Waals surface area contributed by atoms with Gasteiger partial charge in [-0.15, -0.1) is 0 Å². The Labute approximate surface area is 153 Å². The van der Waals surface area contributed by atoms with E-state index < -0.39 is 23.1 Å². The number of benzene rings is 1. The number of nitrogens with zero attached hydrogens (tertiary/aromatic N) is 2. The first-order valence-electron chi connectivity index (χ1n) is 8.01. The standard InChI is InChI=1S/C19H16F3N3O2/c1-4-16(26)24-12-6-7-14-13(9-12)18(2,3)17(27)25(14)15-8-5-11(10-23-15)19(20,21)22/h4-10H,1H2,2-3H3,(H,24,26). The van der Waals surface area contributed by atoms with Gasteiger partial charge in [0.05, 0.1) is 16.7 Å². The fourth-order valence-electron chi connectivity index (χ4n) is 2.92. The van der Waals surface area contributed by atoms with Crippen LogP contribution in [0.3, 0.4) is 0 Å². The van der Waals surface area contributed by atoms with Gasteiger partial charge in [0.15, 0.2) is 0 Å². The first-order chi connectivity index (χ1) is 12.6. The molecule has 3 rings (SSSR count). The topological polar surface area (TPSA) is 62.3 Å². The number of amides is 2. The van der Waals surface area contributed by atoms with Crippen LogP contribution in [0.2, 0.25) is 0 Å². The number of carbonyl (C=O) groups is 2. The minimum atomic E-state index is -4.50. The summed E-state index contributed by atoms with van der Waals surface area (Å²) in [6.45, 7) is 6.79. The molecule has 140 valence electrons. The zero-order chi connectivity index (χ0) is 20.0. The number of halogens is 3. The van der Waals surface area contributed by atoms with E-state index in [1.807, 2.05) is 0 Å². The van der Waals surface area contributed by atoms with Crippen LogP contribution in [0.15, 0.2) is 49.2 Å². The Hall–Kier alpha value is -3.16. The number of anilines is 3. The molecule has 0 bridgehead atoms. The molecule has 2 aromatic rings. The van der Waals surface area contributed by atoms with Crippen molar-refractivity contribution in [2.75, 3.05) is 10.2 Å². The van der Waals surface area contributed by atoms with Crippen LogP contribution in [0.1, 0.15) is 25.0 Å². The Kier molecular flexibility index (Phi) is 4.29. The van der Waals surface area contributed by atoms with Crippen LogP contribution >= 0.6 is 0 Å². The van der Waals surface area contributed by atoms with Crippen LogP contribution in [-0.2, 0) is 21.2 Å². The summed E-state index contributed by atoms with van der Waals surface area (Å²) in [6, 6.07) is 6.95. The molecule has 27 heavy (non-hydrogen) atoms. The zero-order valence-electron chi connectivity index (χ0n) is 14.6. The third-order valence-electron chi connectivity index (χ3n) is 4.41. The number of nitrogens with one attached hydrogen (secondary N) is 1. The van der Waals surface area contributed by atoms with Crippen LogP contribution in [-0.4, -0.2) is 16.8 Å². The summed E-state index contributed by atoms with van der Waals surface area (Å²) in [5.74, 6) is -0.613. The number of alkyl halides is 3. The van der Waals surface area contributed by atoms with Gasteiger partial charge in [-0.3, -0.25) is 14.5 Å². The van der Waals surface area contributed by atoms with E-state index >= 15 is 0 Å². The lowest BCUT2D eigenvalue weighted by Crippen LogP contribution is -2.33. The number of fused-ring (bicyclic) bond motifs is 1. The molecule has 1 aromatic heterocycles. The van der Waals surface area contributed by atoms with E-state index in [0.29, 0.717) is 23.1 Å². The molecule has 1 aliphatic heterocycles. The summed E-state index contributed by atoms with van der Waals surface area (Å²) in [5, 5.41) is 2.63. The number of hydrogen-bond donors (Lipinski definition) is 1. The summed E-state index contributed by atoms with van der Waals surface area (Å²) in [5.41, 5.74) is -0.194. The van der Waals surface area contributed by atoms with Crippen LogP contribution < -0.4 is 10.2 Å². The molecule has 2 amide bonds. The van der Waals surface area contributed by atoms with Gasteiger partial charge in [0, 0.05) is 11.9 Å². The van der Waals surface area contributed by atoms with Gasteiger partial charge >= 0.3 is 6.18 Å². The van der Waals surface area contributed by atoms with Crippen LogP contribution in [0.5, 0.6) is 0 Å². The second-order valence-corrected chi connectivity index (χ2v) is 6.59. The molecule has 8 heteroatoms. The molecule has 2 heterocycles. The number of carbonyl (C=O) groups excluding carboxylic acids is 2. The number of hydrogen-bond acceptors (Lipinski definition) is 3. The van der Waals surface area contributed by atoms with Gasteiger partial charge < -0.3 is 5.32 Å². The molecule has 0 spiro atoms. The molecule has 5 nitrogen and oxygen atoms in total. The Bertz CT molecular complexity index is 934. The van der Waals surface area contributed by atoms with Crippen LogP contribution in [0.25, 0.3) is 0 Å². The lowest BCUT2D eigenvalue weighted by molar-refractivity contribution is -0.137. The molecule has 1 aromatic carbocycles. The molecular formula is C19H16F3N3O2. The molecule has 0 saturated carbocycles. The summed E-state index contributed by atoms with van der Waals surface area (Å²) in [6.07, 6.45) is -2.68. The summed E-state index contributed by atoms with van der Waals surface area (Å²) < 4.78 is 38.3. The molecule has 1 N–H and O–H groups in total. The highest BCUT2D eigenvalue weighted by atomic mass is 19.4. The normalized spacial score (nSPS) is 15.4. The lowest BCUT2D eigenvalue weighted by atomic mass is 9.86. The van der Waals surface area contributed by atoms with Crippen molar-refractivity contribution in [2.24, 2.45) is 0 Å². The smallest absolute Gasteiger partial charge is 0.323 e. The van der Waals surface area contributed by atoms with Crippen molar-refractivity contribution >= 4 is 29.0 Å². The van der Waals surface area contributed by atoms with Crippen molar-refractivity contribution in [3.8, 4) is 0 Å². The highest BCUT2D eigenvalue weighted by Gasteiger charge is 2.45. The van der Waals surface area contributed by atoms with E-state index in [-0.39, 0.29) is 11.7 Å². The SMILES string of the molecule is C=CC(=O)Nc1ccc2c(c1)C(C)(C)C(=O)N2c1ccc(C(F)(F)F)cn1. The fourth-order valence-corrected chi connectivity index (χ4v) is 2.92. The molecule has 0 saturated heterocycles. The maximum atomic E-state index is 12.9. The maximum absolute atomic E-state index is 12.9. The largest absolute Gasteiger partial charge is 0.417 e. The third kappa shape index (κ3) is 3.18. The quantitative estimate of drug-likeness (QED) is 0.819. The number of rotatable bonds is 3. The minimum absolute atomic E-state index is 0.0997. The van der Waals surface area contributed by atoms with Gasteiger partial charge in [0.1, 0.15) is 5.82 Å². The van der Waals surface area contributed by atoms with Gasteiger partial charge in [-0.05, 0) is 55.8 Å². The first-order valence-corrected chi connectivity index (χ1v) is 8.01. The first kappa shape index (κ1) is 18.6. The fraction of sp³-hybridized carbons (Fsp3) is 0.211. The average molecular weight is 375 g/mol. The Morgan fingerprint density at radius 1 is 1.26 bits per heavy atom. The van der Waals surface area contributed by atoms with Crippen molar-refractivity contribution in [3.05, 3.63) is 60.3 Å². The molecule has 0 unspecified atom stereocenters. The van der Waals surface area contributed by atoms with Gasteiger partial charge in [-0.1, -0.05) is 6.58 Å². The molecule has 0 aliphatic carbocycles. The van der Waals surface area contributed by atoms with Gasteiger partial charge in [0.2, 0.25) is 11.8 Å². The van der Waals surface area contributed by atoms with Crippen LogP contribution in [0, 0.1) is 0 Å². The van der Waals surface area contributed by atoms with Gasteiger partial charge in [-0.25, -0.2) is 4.98 Å². The van der Waals surface area contributed by atoms with Crippen molar-refractivity contribution in [1.29, 1.82) is 0 Å². The minimum Gasteiger partial charge on any atom is -0.323 e. The van der Waals surface area contributed by atoms with E-state index in [4.69, 9.17) is 0 Å². The van der Waals surface area contributed by atoms with Crippen molar-refractivity contribution in [3.63, 3.8) is 0 Å². The van der Waals surface area contributed by atoms with E-state index in [1.165, 1.54) is 11.0 Å². The van der Waals surface area contributed by atoms with Gasteiger partial charge in [0.25, 0.3) is 0 Å². The van der Waals surface area contributed by atoms with Crippen LogP contribution in [0.4, 0.5) is 30.4 Å². The Balaban J connectivity index is 2.04. The maximum Gasteiger partial charge on any atom is 0.417 e. The van der Waals surface area contributed by atoms with Crippen molar-refractivity contribution in [1.82, 2.24) is 4.98 Å². The zero-order valence-corrected chi connectivity index (χ0v) is 14.6. The molecule has 0 atom stereocenters. The van der Waals surface area contributed by atoms with E-state index in [1.54, 1.807) is 32.0 Å². The lowest BCUT2D eigenvalue weighted by Gasteiger charge is -2.20. The summed E-state index contributed by atoms with van der Waals surface area (Å²) in [4.78, 5) is 29.5. The molecule has 0 radical (unpaired) electrons. The molecule has 0 fully saturated rings. The predicted octanol–water partition coefficient (Wildman–Crippen LogP) is 4.18. The highest BCUT2D eigenvalue weighted by molar-refractivity contribution is 6.12. The van der Waals surface area contributed by atoms with E-state index in [2.05, 4.69) is 16.9 Å². The summed E-state index contributed by atoms with van der Waals surface area (Å²) >= 11 is 0. The number of pyridine rings is 1. The number of aromatic nitrogens is 1. The molecule has 1 aliphatic rings. The van der Waals surface area contributed by atoms with Crippen molar-refractivity contribution < 1.29 is 22.8 Å². The van der Waals surface area contributed by atoms with E-state index in [0.717, 1.165) is 12.1 Å². The average Bonchev–Trinajstić information content (AvgIpc) is 2.81. The van der Waals surface area contributed by atoms with Crippen molar-refractivity contribution in [2.45, 2.75) is 25.4 Å². The monoisotopic (exact) mass is 375 g/mol. The second-order valence-electron chi connectivity index (χ2n) is 6.59. The highest BCUT2D eigenvalue weighted by Crippen LogP contribution is 2.46. The Morgan fingerprint density at radius 2 is 1.96 bits per heavy atom. The predicted molar refractivity (Wildman–Crippen MR) is 94.7 cm³/mol. The third-order valence-corrected chi connectivity index (χ3v) is 4.41. The molecular weight excluding hydrogens is 359 g/mol.